The van der Waals surface area contributed by atoms with Crippen LogP contribution in [0.4, 0.5) is 0 Å². The third-order valence-corrected chi connectivity index (χ3v) is 4.01. The average Bonchev–Trinajstić information content (AvgIpc) is 2.17. The van der Waals surface area contributed by atoms with E-state index < -0.39 is 0 Å². The Morgan fingerprint density at radius 3 is 2.07 bits per heavy atom. The minimum atomic E-state index is 0.806. The Morgan fingerprint density at radius 1 is 0.929 bits per heavy atom. The van der Waals surface area contributed by atoms with Crippen molar-refractivity contribution < 1.29 is 0 Å². The first-order valence-electron chi connectivity index (χ1n) is 6.01. The van der Waals surface area contributed by atoms with E-state index in [1.807, 2.05) is 0 Å². The summed E-state index contributed by atoms with van der Waals surface area (Å²) in [6.45, 7) is 2.27. The van der Waals surface area contributed by atoms with Crippen molar-refractivity contribution in [3.8, 4) is 0 Å². The van der Waals surface area contributed by atoms with E-state index in [2.05, 4.69) is 29.5 Å². The summed E-state index contributed by atoms with van der Waals surface area (Å²) in [5.74, 6) is 0.824. The second kappa shape index (κ2) is 12.1. The quantitative estimate of drug-likeness (QED) is 0.279. The molecule has 0 saturated heterocycles. The van der Waals surface area contributed by atoms with Crippen LogP contribution >= 0.6 is 34.2 Å². The van der Waals surface area contributed by atoms with Gasteiger partial charge in [-0.2, -0.15) is 0 Å². The van der Waals surface area contributed by atoms with Gasteiger partial charge in [-0.05, 0) is 12.8 Å². The molecule has 0 fully saturated rings. The lowest BCUT2D eigenvalue weighted by Gasteiger charge is -2.06. The summed E-state index contributed by atoms with van der Waals surface area (Å²) in [7, 11) is 0. The highest BCUT2D eigenvalue weighted by atomic mass is 127. The molecular formula is C12H24ClI. The molecule has 0 N–H and O–H groups in total. The maximum Gasteiger partial charge on any atom is 0.0233 e. The lowest BCUT2D eigenvalue weighted by Crippen LogP contribution is -1.97. The van der Waals surface area contributed by atoms with Crippen LogP contribution in [0.1, 0.15) is 64.7 Å². The van der Waals surface area contributed by atoms with E-state index >= 15 is 0 Å². The van der Waals surface area contributed by atoms with E-state index in [-0.39, 0.29) is 0 Å². The van der Waals surface area contributed by atoms with E-state index in [0.29, 0.717) is 0 Å². The van der Waals surface area contributed by atoms with Crippen LogP contribution in [0.25, 0.3) is 0 Å². The second-order valence-corrected chi connectivity index (χ2v) is 6.12. The van der Waals surface area contributed by atoms with Crippen molar-refractivity contribution in [3.63, 3.8) is 0 Å². The van der Waals surface area contributed by atoms with Crippen LogP contribution in [0.5, 0.6) is 0 Å². The van der Waals surface area contributed by atoms with Crippen LogP contribution < -0.4 is 0 Å². The maximum atomic E-state index is 5.69. The van der Waals surface area contributed by atoms with E-state index in [4.69, 9.17) is 11.6 Å². The molecule has 0 nitrogen and oxygen atoms in total. The van der Waals surface area contributed by atoms with Crippen molar-refractivity contribution in [3.05, 3.63) is 0 Å². The molecule has 0 spiro atoms. The number of unbranched alkanes of at least 4 members (excludes halogenated alkanes) is 6. The fourth-order valence-electron chi connectivity index (χ4n) is 1.59. The normalized spacial score (nSPS) is 13.1. The van der Waals surface area contributed by atoms with Gasteiger partial charge in [-0.1, -0.05) is 74.5 Å². The van der Waals surface area contributed by atoms with Crippen molar-refractivity contribution in [2.45, 2.75) is 68.6 Å². The van der Waals surface area contributed by atoms with Crippen LogP contribution in [0.2, 0.25) is 0 Å². The lowest BCUT2D eigenvalue weighted by molar-refractivity contribution is 0.571. The van der Waals surface area contributed by atoms with Crippen molar-refractivity contribution in [2.75, 3.05) is 5.88 Å². The fourth-order valence-corrected chi connectivity index (χ4v) is 2.97. The molecular weight excluding hydrogens is 306 g/mol. The van der Waals surface area contributed by atoms with E-state index in [9.17, 15) is 0 Å². The predicted octanol–water partition coefficient (Wildman–Crippen LogP) is 5.56. The monoisotopic (exact) mass is 330 g/mol. The standard InChI is InChI=1S/C12H24ClI/c1-2-3-4-5-6-7-8-9-12(14)10-11-13/h12H,2-11H2,1H3. The average molecular weight is 331 g/mol. The molecule has 0 aromatic heterocycles. The van der Waals surface area contributed by atoms with Crippen LogP contribution in [0, 0.1) is 0 Å². The first-order valence-corrected chi connectivity index (χ1v) is 7.79. The van der Waals surface area contributed by atoms with Crippen molar-refractivity contribution in [1.29, 1.82) is 0 Å². The van der Waals surface area contributed by atoms with Gasteiger partial charge in [0.1, 0.15) is 0 Å². The van der Waals surface area contributed by atoms with Gasteiger partial charge in [-0.25, -0.2) is 0 Å². The Bertz CT molecular complexity index is 106. The van der Waals surface area contributed by atoms with Crippen LogP contribution in [0.15, 0.2) is 0 Å². The molecule has 0 rings (SSSR count). The van der Waals surface area contributed by atoms with E-state index in [1.54, 1.807) is 0 Å². The zero-order valence-corrected chi connectivity index (χ0v) is 12.3. The third kappa shape index (κ3) is 11.1. The number of hydrogen-bond donors (Lipinski definition) is 0. The molecule has 1 atom stereocenters. The molecule has 0 amide bonds. The molecule has 0 aliphatic carbocycles. The van der Waals surface area contributed by atoms with Gasteiger partial charge < -0.3 is 0 Å². The van der Waals surface area contributed by atoms with Crippen molar-refractivity contribution in [1.82, 2.24) is 0 Å². The summed E-state index contributed by atoms with van der Waals surface area (Å²) in [5, 5.41) is 0. The number of hydrogen-bond acceptors (Lipinski definition) is 0. The van der Waals surface area contributed by atoms with E-state index in [1.165, 1.54) is 57.8 Å². The lowest BCUT2D eigenvalue weighted by atomic mass is 10.1. The molecule has 0 saturated carbocycles. The summed E-state index contributed by atoms with van der Waals surface area (Å²) in [6.07, 6.45) is 12.4. The predicted molar refractivity (Wildman–Crippen MR) is 75.8 cm³/mol. The Morgan fingerprint density at radius 2 is 1.50 bits per heavy atom. The molecule has 0 aliphatic rings. The van der Waals surface area contributed by atoms with Gasteiger partial charge in [0, 0.05) is 9.80 Å². The summed E-state index contributed by atoms with van der Waals surface area (Å²) in [6, 6.07) is 0. The van der Waals surface area contributed by atoms with Gasteiger partial charge in [-0.3, -0.25) is 0 Å². The molecule has 0 aromatic rings. The molecule has 0 heterocycles. The van der Waals surface area contributed by atoms with Crippen molar-refractivity contribution in [2.24, 2.45) is 0 Å². The van der Waals surface area contributed by atoms with Gasteiger partial charge >= 0.3 is 0 Å². The van der Waals surface area contributed by atoms with Crippen molar-refractivity contribution >= 4 is 34.2 Å². The molecule has 0 aliphatic heterocycles. The molecule has 86 valence electrons. The van der Waals surface area contributed by atoms with Gasteiger partial charge in [0.15, 0.2) is 0 Å². The zero-order chi connectivity index (χ0) is 10.6. The maximum absolute atomic E-state index is 5.69. The van der Waals surface area contributed by atoms with Crippen LogP contribution in [-0.4, -0.2) is 9.80 Å². The summed E-state index contributed by atoms with van der Waals surface area (Å²) < 4.78 is 0.806. The molecule has 0 radical (unpaired) electrons. The minimum absolute atomic E-state index is 0.806. The van der Waals surface area contributed by atoms with Crippen LogP contribution in [0.3, 0.4) is 0 Å². The molecule has 0 aromatic carbocycles. The minimum Gasteiger partial charge on any atom is -0.127 e. The van der Waals surface area contributed by atoms with E-state index in [0.717, 1.165) is 9.80 Å². The second-order valence-electron chi connectivity index (χ2n) is 3.98. The fraction of sp³-hybridized carbons (Fsp3) is 1.00. The number of alkyl halides is 2. The SMILES string of the molecule is CCCCCCCCCC(I)CCCl. The Hall–Kier alpha value is 1.02. The summed E-state index contributed by atoms with van der Waals surface area (Å²) >= 11 is 8.22. The first-order chi connectivity index (χ1) is 6.81. The number of rotatable bonds is 10. The number of halogens is 2. The zero-order valence-electron chi connectivity index (χ0n) is 9.40. The molecule has 1 unspecified atom stereocenters. The highest BCUT2D eigenvalue weighted by Gasteiger charge is 2.01. The highest BCUT2D eigenvalue weighted by molar-refractivity contribution is 14.1. The molecule has 0 bridgehead atoms. The Balaban J connectivity index is 2.98. The first kappa shape index (κ1) is 15.0. The summed E-state index contributed by atoms with van der Waals surface area (Å²) in [5.41, 5.74) is 0. The van der Waals surface area contributed by atoms with Gasteiger partial charge in [-0.15, -0.1) is 11.6 Å². The smallest absolute Gasteiger partial charge is 0.0233 e. The Labute approximate surface area is 108 Å². The van der Waals surface area contributed by atoms with Gasteiger partial charge in [0.05, 0.1) is 0 Å². The Kier molecular flexibility index (Phi) is 13.0. The largest absolute Gasteiger partial charge is 0.127 e. The van der Waals surface area contributed by atoms with Gasteiger partial charge in [0.2, 0.25) is 0 Å². The topological polar surface area (TPSA) is 0 Å². The molecule has 14 heavy (non-hydrogen) atoms. The van der Waals surface area contributed by atoms with Gasteiger partial charge in [0.25, 0.3) is 0 Å². The third-order valence-electron chi connectivity index (χ3n) is 2.54. The highest BCUT2D eigenvalue weighted by Crippen LogP contribution is 2.16. The van der Waals surface area contributed by atoms with Crippen LogP contribution in [-0.2, 0) is 0 Å². The molecule has 2 heteroatoms. The summed E-state index contributed by atoms with van der Waals surface area (Å²) in [4.78, 5) is 0.